The van der Waals surface area contributed by atoms with Crippen LogP contribution in [-0.2, 0) is 9.47 Å². The van der Waals surface area contributed by atoms with Crippen LogP contribution in [0, 0.1) is 0 Å². The standard InChI is InChI=1S/C3H8O3.C3H6O.C2H6O/c4-1-3(6)2-5;1-3-2-4-3;1-3-2/h3-6H,1-2H2;3H,2H2,1H3;1-2H3. The molecule has 0 aliphatic carbocycles. The van der Waals surface area contributed by atoms with E-state index in [0.717, 1.165) is 6.61 Å². The van der Waals surface area contributed by atoms with Crippen LogP contribution in [0.15, 0.2) is 0 Å². The Morgan fingerprint density at radius 2 is 1.62 bits per heavy atom. The molecule has 1 unspecified atom stereocenters. The van der Waals surface area contributed by atoms with Gasteiger partial charge in [0.2, 0.25) is 0 Å². The van der Waals surface area contributed by atoms with Crippen molar-refractivity contribution in [2.75, 3.05) is 34.0 Å². The summed E-state index contributed by atoms with van der Waals surface area (Å²) in [7, 11) is 3.25. The first-order valence-corrected chi connectivity index (χ1v) is 4.03. The van der Waals surface area contributed by atoms with E-state index in [4.69, 9.17) is 20.1 Å². The second kappa shape index (κ2) is 11.8. The van der Waals surface area contributed by atoms with Crippen molar-refractivity contribution >= 4 is 0 Å². The Kier molecular flexibility index (Phi) is 13.9. The molecular weight excluding hydrogens is 176 g/mol. The summed E-state index contributed by atoms with van der Waals surface area (Å²) in [5.74, 6) is 0. The molecule has 82 valence electrons. The van der Waals surface area contributed by atoms with E-state index in [1.807, 2.05) is 0 Å². The van der Waals surface area contributed by atoms with Crippen molar-refractivity contribution < 1.29 is 24.8 Å². The molecule has 0 aromatic heterocycles. The molecule has 1 aliphatic heterocycles. The molecule has 1 heterocycles. The number of epoxide rings is 1. The van der Waals surface area contributed by atoms with E-state index >= 15 is 0 Å². The lowest BCUT2D eigenvalue weighted by Crippen LogP contribution is -2.15. The first kappa shape index (κ1) is 15.3. The SMILES string of the molecule is CC1CO1.COC.OCC(O)CO. The Bertz CT molecular complexity index is 80.6. The van der Waals surface area contributed by atoms with Crippen molar-refractivity contribution in [1.82, 2.24) is 0 Å². The minimum Gasteiger partial charge on any atom is -0.394 e. The number of aliphatic hydroxyl groups excluding tert-OH is 3. The molecule has 0 saturated carbocycles. The monoisotopic (exact) mass is 196 g/mol. The highest BCUT2D eigenvalue weighted by atomic mass is 16.6. The Balaban J connectivity index is 0. The average molecular weight is 196 g/mol. The molecule has 1 rings (SSSR count). The van der Waals surface area contributed by atoms with Gasteiger partial charge in [0.05, 0.1) is 25.9 Å². The molecule has 0 radical (unpaired) electrons. The smallest absolute Gasteiger partial charge is 0.100 e. The summed E-state index contributed by atoms with van der Waals surface area (Å²) in [4.78, 5) is 0. The summed E-state index contributed by atoms with van der Waals surface area (Å²) in [5.41, 5.74) is 0. The van der Waals surface area contributed by atoms with Crippen molar-refractivity contribution in [3.05, 3.63) is 0 Å². The Hall–Kier alpha value is -0.200. The highest BCUT2D eigenvalue weighted by molar-refractivity contribution is 4.58. The highest BCUT2D eigenvalue weighted by Gasteiger charge is 2.13. The Morgan fingerprint density at radius 3 is 1.62 bits per heavy atom. The van der Waals surface area contributed by atoms with Crippen LogP contribution < -0.4 is 0 Å². The third kappa shape index (κ3) is 24.5. The van der Waals surface area contributed by atoms with E-state index in [9.17, 15) is 0 Å². The van der Waals surface area contributed by atoms with Crippen LogP contribution in [-0.4, -0.2) is 61.6 Å². The number of rotatable bonds is 2. The van der Waals surface area contributed by atoms with E-state index in [2.05, 4.69) is 11.7 Å². The first-order chi connectivity index (χ1) is 6.12. The number of methoxy groups -OCH3 is 1. The second-order valence-corrected chi connectivity index (χ2v) is 2.57. The number of ether oxygens (including phenoxy) is 2. The van der Waals surface area contributed by atoms with E-state index in [1.54, 1.807) is 14.2 Å². The summed E-state index contributed by atoms with van der Waals surface area (Å²) in [6, 6.07) is 0. The molecule has 5 heteroatoms. The van der Waals surface area contributed by atoms with E-state index in [-0.39, 0.29) is 13.2 Å². The predicted octanol–water partition coefficient (Wildman–Crippen LogP) is -1.00. The zero-order chi connectivity index (χ0) is 10.7. The number of hydrogen-bond donors (Lipinski definition) is 3. The molecule has 1 atom stereocenters. The van der Waals surface area contributed by atoms with E-state index < -0.39 is 6.10 Å². The molecule has 3 N–H and O–H groups in total. The fourth-order valence-electron chi connectivity index (χ4n) is 0.154. The summed E-state index contributed by atoms with van der Waals surface area (Å²) in [5, 5.41) is 24.0. The van der Waals surface area contributed by atoms with Gasteiger partial charge in [0, 0.05) is 14.2 Å². The fraction of sp³-hybridized carbons (Fsp3) is 1.00. The van der Waals surface area contributed by atoms with Gasteiger partial charge in [0.15, 0.2) is 0 Å². The minimum atomic E-state index is -0.954. The van der Waals surface area contributed by atoms with Crippen LogP contribution in [0.2, 0.25) is 0 Å². The maximum Gasteiger partial charge on any atom is 0.100 e. The summed E-state index contributed by atoms with van der Waals surface area (Å²) >= 11 is 0. The fourth-order valence-corrected chi connectivity index (χ4v) is 0.154. The summed E-state index contributed by atoms with van der Waals surface area (Å²) in [6.07, 6.45) is -0.370. The molecule has 0 spiro atoms. The average Bonchev–Trinajstić information content (AvgIpc) is 2.89. The lowest BCUT2D eigenvalue weighted by atomic mass is 10.4. The number of aliphatic hydroxyl groups is 3. The van der Waals surface area contributed by atoms with Gasteiger partial charge in [-0.25, -0.2) is 0 Å². The molecule has 0 bridgehead atoms. The third-order valence-corrected chi connectivity index (χ3v) is 0.921. The van der Waals surface area contributed by atoms with Gasteiger partial charge in [-0.2, -0.15) is 0 Å². The maximum absolute atomic E-state index is 8.17. The van der Waals surface area contributed by atoms with Crippen LogP contribution >= 0.6 is 0 Å². The van der Waals surface area contributed by atoms with Crippen LogP contribution in [0.3, 0.4) is 0 Å². The van der Waals surface area contributed by atoms with Crippen LogP contribution in [0.5, 0.6) is 0 Å². The van der Waals surface area contributed by atoms with Gasteiger partial charge in [0.1, 0.15) is 6.10 Å². The van der Waals surface area contributed by atoms with Crippen molar-refractivity contribution in [2.45, 2.75) is 19.1 Å². The summed E-state index contributed by atoms with van der Waals surface area (Å²) in [6.45, 7) is 2.31. The van der Waals surface area contributed by atoms with Gasteiger partial charge in [-0.1, -0.05) is 0 Å². The largest absolute Gasteiger partial charge is 0.394 e. The quantitative estimate of drug-likeness (QED) is 0.493. The number of hydrogen-bond acceptors (Lipinski definition) is 5. The first-order valence-electron chi connectivity index (χ1n) is 4.03. The van der Waals surface area contributed by atoms with E-state index in [0.29, 0.717) is 6.10 Å². The zero-order valence-electron chi connectivity index (χ0n) is 8.43. The topological polar surface area (TPSA) is 82.5 Å². The normalized spacial score (nSPS) is 18.2. The van der Waals surface area contributed by atoms with Crippen LogP contribution in [0.25, 0.3) is 0 Å². The van der Waals surface area contributed by atoms with Gasteiger partial charge in [-0.05, 0) is 6.92 Å². The highest BCUT2D eigenvalue weighted by Crippen LogP contribution is 2.04. The molecule has 1 saturated heterocycles. The van der Waals surface area contributed by atoms with Crippen molar-refractivity contribution in [1.29, 1.82) is 0 Å². The molecule has 13 heavy (non-hydrogen) atoms. The van der Waals surface area contributed by atoms with Crippen molar-refractivity contribution in [2.24, 2.45) is 0 Å². The second-order valence-electron chi connectivity index (χ2n) is 2.57. The van der Waals surface area contributed by atoms with Gasteiger partial charge in [-0.3, -0.25) is 0 Å². The van der Waals surface area contributed by atoms with Gasteiger partial charge in [-0.15, -0.1) is 0 Å². The third-order valence-electron chi connectivity index (χ3n) is 0.921. The molecule has 0 aromatic carbocycles. The Morgan fingerprint density at radius 1 is 1.38 bits per heavy atom. The lowest BCUT2D eigenvalue weighted by Gasteiger charge is -1.96. The lowest BCUT2D eigenvalue weighted by molar-refractivity contribution is 0.0450. The zero-order valence-corrected chi connectivity index (χ0v) is 8.43. The van der Waals surface area contributed by atoms with Crippen LogP contribution in [0.1, 0.15) is 6.92 Å². The predicted molar refractivity (Wildman–Crippen MR) is 48.5 cm³/mol. The minimum absolute atomic E-state index is 0.365. The van der Waals surface area contributed by atoms with Crippen molar-refractivity contribution in [3.63, 3.8) is 0 Å². The van der Waals surface area contributed by atoms with Crippen molar-refractivity contribution in [3.8, 4) is 0 Å². The molecule has 5 nitrogen and oxygen atoms in total. The van der Waals surface area contributed by atoms with Gasteiger partial charge in [0.25, 0.3) is 0 Å². The van der Waals surface area contributed by atoms with Gasteiger partial charge >= 0.3 is 0 Å². The van der Waals surface area contributed by atoms with E-state index in [1.165, 1.54) is 0 Å². The molecule has 1 fully saturated rings. The molecular formula is C8H20O5. The van der Waals surface area contributed by atoms with Gasteiger partial charge < -0.3 is 24.8 Å². The molecule has 0 amide bonds. The maximum atomic E-state index is 8.17. The molecule has 0 aromatic rings. The van der Waals surface area contributed by atoms with Crippen LogP contribution in [0.4, 0.5) is 0 Å². The Labute approximate surface area is 78.9 Å². The molecule has 1 aliphatic rings. The summed E-state index contributed by atoms with van der Waals surface area (Å²) < 4.78 is 8.96.